The Kier molecular flexibility index (Phi) is 2.39. The minimum absolute atomic E-state index is 0.835. The molecule has 0 bridgehead atoms. The van der Waals surface area contributed by atoms with Crippen molar-refractivity contribution < 1.29 is 0 Å². The molecule has 1 aromatic heterocycles. The summed E-state index contributed by atoms with van der Waals surface area (Å²) in [6, 6.07) is 0. The van der Waals surface area contributed by atoms with E-state index in [1.807, 2.05) is 0 Å². The summed E-state index contributed by atoms with van der Waals surface area (Å²) < 4.78 is 2.17. The lowest BCUT2D eigenvalue weighted by molar-refractivity contribution is 0.533. The number of rotatable bonds is 2. The third kappa shape index (κ3) is 1.52. The summed E-state index contributed by atoms with van der Waals surface area (Å²) in [4.78, 5) is 7.16. The second-order valence-electron chi connectivity index (χ2n) is 5.08. The fourth-order valence-corrected chi connectivity index (χ4v) is 3.00. The fraction of sp³-hybridized carbons (Fsp3) is 0.750. The normalized spacial score (nSPS) is 28.8. The van der Waals surface area contributed by atoms with Gasteiger partial charge in [0.05, 0.1) is 5.69 Å². The van der Waals surface area contributed by atoms with E-state index in [1.54, 1.807) is 0 Å². The Morgan fingerprint density at radius 1 is 1.38 bits per heavy atom. The number of aryl methyl sites for hydroxylation is 2. The average molecular weight is 220 g/mol. The van der Waals surface area contributed by atoms with Gasteiger partial charge in [0, 0.05) is 39.4 Å². The molecule has 4 heteroatoms. The highest BCUT2D eigenvalue weighted by Crippen LogP contribution is 2.29. The molecule has 0 amide bonds. The summed E-state index contributed by atoms with van der Waals surface area (Å²) >= 11 is 0. The van der Waals surface area contributed by atoms with Crippen LogP contribution in [0.3, 0.4) is 0 Å². The molecule has 2 aliphatic rings. The van der Waals surface area contributed by atoms with Crippen molar-refractivity contribution in [2.24, 2.45) is 18.9 Å². The molecule has 2 saturated heterocycles. The van der Waals surface area contributed by atoms with E-state index < -0.39 is 0 Å². The first kappa shape index (κ1) is 10.1. The van der Waals surface area contributed by atoms with Crippen LogP contribution >= 0.6 is 0 Å². The SMILES string of the molecule is CCc1cn(C)c(N2C[C@H]3CNC[C@H]3C2)n1. The minimum atomic E-state index is 0.835. The van der Waals surface area contributed by atoms with Gasteiger partial charge in [-0.15, -0.1) is 0 Å². The van der Waals surface area contributed by atoms with Crippen LogP contribution in [0.25, 0.3) is 0 Å². The lowest BCUT2D eigenvalue weighted by Crippen LogP contribution is -2.27. The van der Waals surface area contributed by atoms with Crippen LogP contribution in [0.1, 0.15) is 12.6 Å². The summed E-state index contributed by atoms with van der Waals surface area (Å²) in [6.45, 7) is 6.88. The molecule has 0 radical (unpaired) electrons. The maximum atomic E-state index is 4.71. The summed E-state index contributed by atoms with van der Waals surface area (Å²) in [5, 5.41) is 3.47. The van der Waals surface area contributed by atoms with Gasteiger partial charge in [-0.2, -0.15) is 0 Å². The number of nitrogens with zero attached hydrogens (tertiary/aromatic N) is 3. The molecular weight excluding hydrogens is 200 g/mol. The zero-order valence-electron chi connectivity index (χ0n) is 10.1. The second-order valence-corrected chi connectivity index (χ2v) is 5.08. The molecule has 0 spiro atoms. The molecule has 2 atom stereocenters. The molecule has 3 heterocycles. The van der Waals surface area contributed by atoms with Crippen molar-refractivity contribution in [2.45, 2.75) is 13.3 Å². The van der Waals surface area contributed by atoms with Gasteiger partial charge < -0.3 is 14.8 Å². The van der Waals surface area contributed by atoms with Crippen molar-refractivity contribution >= 4 is 5.95 Å². The maximum absolute atomic E-state index is 4.71. The third-order valence-electron chi connectivity index (χ3n) is 3.94. The van der Waals surface area contributed by atoms with E-state index in [-0.39, 0.29) is 0 Å². The molecule has 4 nitrogen and oxygen atoms in total. The highest BCUT2D eigenvalue weighted by molar-refractivity contribution is 5.36. The van der Waals surface area contributed by atoms with Crippen LogP contribution in [0.5, 0.6) is 0 Å². The standard InChI is InChI=1S/C12H20N4/c1-3-11-8-15(2)12(14-11)16-6-9-4-13-5-10(9)7-16/h8-10,13H,3-7H2,1-2H3/t9-,10+. The summed E-state index contributed by atoms with van der Waals surface area (Å²) in [5.74, 6) is 2.83. The van der Waals surface area contributed by atoms with Crippen LogP contribution in [0.15, 0.2) is 6.20 Å². The van der Waals surface area contributed by atoms with Crippen LogP contribution in [0.4, 0.5) is 5.95 Å². The van der Waals surface area contributed by atoms with Gasteiger partial charge in [-0.1, -0.05) is 6.92 Å². The first-order chi connectivity index (χ1) is 7.78. The molecule has 88 valence electrons. The monoisotopic (exact) mass is 220 g/mol. The molecule has 0 aliphatic carbocycles. The highest BCUT2D eigenvalue weighted by Gasteiger charge is 2.37. The predicted molar refractivity (Wildman–Crippen MR) is 64.6 cm³/mol. The van der Waals surface area contributed by atoms with Gasteiger partial charge >= 0.3 is 0 Å². The van der Waals surface area contributed by atoms with E-state index in [0.717, 1.165) is 24.2 Å². The first-order valence-electron chi connectivity index (χ1n) is 6.26. The quantitative estimate of drug-likeness (QED) is 0.794. The zero-order valence-corrected chi connectivity index (χ0v) is 10.1. The van der Waals surface area contributed by atoms with E-state index in [0.29, 0.717) is 0 Å². The van der Waals surface area contributed by atoms with Gasteiger partial charge in [0.25, 0.3) is 0 Å². The van der Waals surface area contributed by atoms with Crippen LogP contribution < -0.4 is 10.2 Å². The van der Waals surface area contributed by atoms with E-state index >= 15 is 0 Å². The van der Waals surface area contributed by atoms with Crippen molar-refractivity contribution in [3.63, 3.8) is 0 Å². The summed E-state index contributed by atoms with van der Waals surface area (Å²) in [5.41, 5.74) is 1.20. The van der Waals surface area contributed by atoms with Gasteiger partial charge in [0.1, 0.15) is 0 Å². The van der Waals surface area contributed by atoms with Crippen molar-refractivity contribution in [3.05, 3.63) is 11.9 Å². The topological polar surface area (TPSA) is 33.1 Å². The van der Waals surface area contributed by atoms with Gasteiger partial charge in [-0.05, 0) is 18.3 Å². The molecule has 0 saturated carbocycles. The van der Waals surface area contributed by atoms with Crippen molar-refractivity contribution in [1.29, 1.82) is 0 Å². The van der Waals surface area contributed by atoms with Crippen molar-refractivity contribution in [2.75, 3.05) is 31.1 Å². The molecule has 1 aromatic rings. The van der Waals surface area contributed by atoms with Crippen LogP contribution in [0, 0.1) is 11.8 Å². The number of aromatic nitrogens is 2. The number of anilines is 1. The lowest BCUT2D eigenvalue weighted by Gasteiger charge is -2.18. The van der Waals surface area contributed by atoms with Crippen LogP contribution in [-0.2, 0) is 13.5 Å². The second kappa shape index (κ2) is 3.77. The Hall–Kier alpha value is -1.03. The number of fused-ring (bicyclic) bond motifs is 1. The van der Waals surface area contributed by atoms with Crippen LogP contribution in [0.2, 0.25) is 0 Å². The van der Waals surface area contributed by atoms with E-state index in [2.05, 4.69) is 35.0 Å². The molecule has 2 fully saturated rings. The Morgan fingerprint density at radius 2 is 2.06 bits per heavy atom. The maximum Gasteiger partial charge on any atom is 0.205 e. The molecule has 0 aromatic carbocycles. The Balaban J connectivity index is 1.80. The molecule has 16 heavy (non-hydrogen) atoms. The number of imidazole rings is 1. The highest BCUT2D eigenvalue weighted by atomic mass is 15.3. The molecular formula is C12H20N4. The Morgan fingerprint density at radius 3 is 2.62 bits per heavy atom. The molecule has 2 aliphatic heterocycles. The fourth-order valence-electron chi connectivity index (χ4n) is 3.00. The number of nitrogens with one attached hydrogen (secondary N) is 1. The average Bonchev–Trinajstić information content (AvgIpc) is 2.89. The number of hydrogen-bond acceptors (Lipinski definition) is 3. The van der Waals surface area contributed by atoms with E-state index in [1.165, 1.54) is 31.9 Å². The van der Waals surface area contributed by atoms with Gasteiger partial charge in [-0.3, -0.25) is 0 Å². The summed E-state index contributed by atoms with van der Waals surface area (Å²) in [6.07, 6.45) is 3.18. The van der Waals surface area contributed by atoms with Crippen molar-refractivity contribution in [3.8, 4) is 0 Å². The van der Waals surface area contributed by atoms with Crippen molar-refractivity contribution in [1.82, 2.24) is 14.9 Å². The van der Waals surface area contributed by atoms with E-state index in [4.69, 9.17) is 4.98 Å². The molecule has 3 rings (SSSR count). The van der Waals surface area contributed by atoms with E-state index in [9.17, 15) is 0 Å². The molecule has 0 unspecified atom stereocenters. The summed E-state index contributed by atoms with van der Waals surface area (Å²) in [7, 11) is 2.11. The largest absolute Gasteiger partial charge is 0.342 e. The number of hydrogen-bond donors (Lipinski definition) is 1. The predicted octanol–water partition coefficient (Wildman–Crippen LogP) is 0.638. The van der Waals surface area contributed by atoms with Gasteiger partial charge in [-0.25, -0.2) is 4.98 Å². The Bertz CT molecular complexity index is 372. The Labute approximate surface area is 96.7 Å². The molecule has 1 N–H and O–H groups in total. The first-order valence-corrected chi connectivity index (χ1v) is 6.26. The third-order valence-corrected chi connectivity index (χ3v) is 3.94. The smallest absolute Gasteiger partial charge is 0.205 e. The van der Waals surface area contributed by atoms with Gasteiger partial charge in [0.2, 0.25) is 5.95 Å². The zero-order chi connectivity index (χ0) is 11.1. The minimum Gasteiger partial charge on any atom is -0.342 e. The van der Waals surface area contributed by atoms with Crippen LogP contribution in [-0.4, -0.2) is 35.7 Å². The van der Waals surface area contributed by atoms with Gasteiger partial charge in [0.15, 0.2) is 0 Å². The lowest BCUT2D eigenvalue weighted by atomic mass is 10.0.